The summed E-state index contributed by atoms with van der Waals surface area (Å²) in [5.74, 6) is -0.520. The predicted molar refractivity (Wildman–Crippen MR) is 101 cm³/mol. The molecule has 0 bridgehead atoms. The molecule has 0 spiro atoms. The number of nitrogens with zero attached hydrogens (tertiary/aromatic N) is 3. The van der Waals surface area contributed by atoms with Crippen molar-refractivity contribution < 1.29 is 14.1 Å². The van der Waals surface area contributed by atoms with E-state index in [9.17, 15) is 19.3 Å². The van der Waals surface area contributed by atoms with Gasteiger partial charge in [0, 0.05) is 29.0 Å². The zero-order valence-electron chi connectivity index (χ0n) is 14.1. The summed E-state index contributed by atoms with van der Waals surface area (Å²) in [5, 5.41) is 17.8. The Morgan fingerprint density at radius 3 is 2.74 bits per heavy atom. The van der Waals surface area contributed by atoms with Gasteiger partial charge in [-0.3, -0.25) is 19.6 Å². The Kier molecular flexibility index (Phi) is 5.31. The van der Waals surface area contributed by atoms with Crippen LogP contribution in [0.3, 0.4) is 0 Å². The van der Waals surface area contributed by atoms with Crippen molar-refractivity contribution in [1.82, 2.24) is 9.78 Å². The fourth-order valence-corrected chi connectivity index (χ4v) is 2.96. The molecular weight excluding hydrogens is 419 g/mol. The van der Waals surface area contributed by atoms with Crippen LogP contribution < -0.4 is 5.32 Å². The van der Waals surface area contributed by atoms with Gasteiger partial charge in [-0.05, 0) is 41.1 Å². The summed E-state index contributed by atoms with van der Waals surface area (Å²) in [5.41, 5.74) is 1.07. The standard InChI is InChI=1S/C18H14BrFN4O3/c1-11-8-12(6-7-16(11)24(26)27)18(25)21-17-14(19)10-23(22-17)9-13-4-2-3-5-15(13)20/h2-8,10H,9H2,1H3,(H,21,22,25). The van der Waals surface area contributed by atoms with Crippen LogP contribution in [0.4, 0.5) is 15.9 Å². The number of nitro benzene ring substituents is 1. The second-order valence-corrected chi connectivity index (χ2v) is 6.68. The van der Waals surface area contributed by atoms with Crippen molar-refractivity contribution in [3.63, 3.8) is 0 Å². The second-order valence-electron chi connectivity index (χ2n) is 5.83. The minimum absolute atomic E-state index is 0.0538. The molecule has 138 valence electrons. The molecule has 0 atom stereocenters. The molecule has 1 heterocycles. The van der Waals surface area contributed by atoms with Crippen molar-refractivity contribution in [2.75, 3.05) is 5.32 Å². The van der Waals surface area contributed by atoms with E-state index in [4.69, 9.17) is 0 Å². The molecule has 0 unspecified atom stereocenters. The highest BCUT2D eigenvalue weighted by Crippen LogP contribution is 2.23. The van der Waals surface area contributed by atoms with Crippen LogP contribution in [0, 0.1) is 22.9 Å². The van der Waals surface area contributed by atoms with Gasteiger partial charge in [0.1, 0.15) is 5.82 Å². The largest absolute Gasteiger partial charge is 0.304 e. The van der Waals surface area contributed by atoms with Crippen LogP contribution in [-0.4, -0.2) is 20.6 Å². The highest BCUT2D eigenvalue weighted by Gasteiger charge is 2.16. The molecule has 1 amide bonds. The Balaban J connectivity index is 1.77. The zero-order chi connectivity index (χ0) is 19.6. The van der Waals surface area contributed by atoms with E-state index in [-0.39, 0.29) is 29.4 Å². The number of halogens is 2. The SMILES string of the molecule is Cc1cc(C(=O)Nc2nn(Cc3ccccc3F)cc2Br)ccc1[N+](=O)[O-]. The summed E-state index contributed by atoms with van der Waals surface area (Å²) in [4.78, 5) is 22.8. The third kappa shape index (κ3) is 4.20. The molecule has 0 aliphatic rings. The maximum Gasteiger partial charge on any atom is 0.272 e. The summed E-state index contributed by atoms with van der Waals surface area (Å²) < 4.78 is 15.8. The first-order chi connectivity index (χ1) is 12.8. The summed E-state index contributed by atoms with van der Waals surface area (Å²) in [6.45, 7) is 1.77. The minimum atomic E-state index is -0.502. The number of aryl methyl sites for hydroxylation is 1. The lowest BCUT2D eigenvalue weighted by atomic mass is 10.1. The molecule has 27 heavy (non-hydrogen) atoms. The quantitative estimate of drug-likeness (QED) is 0.480. The number of carbonyl (C=O) groups is 1. The predicted octanol–water partition coefficient (Wildman–Crippen LogP) is 4.30. The van der Waals surface area contributed by atoms with E-state index >= 15 is 0 Å². The average molecular weight is 433 g/mol. The molecular formula is C18H14BrFN4O3. The van der Waals surface area contributed by atoms with E-state index in [2.05, 4.69) is 26.3 Å². The Hall–Kier alpha value is -3.07. The number of anilines is 1. The number of hydrogen-bond donors (Lipinski definition) is 1. The minimum Gasteiger partial charge on any atom is -0.304 e. The van der Waals surface area contributed by atoms with Crippen molar-refractivity contribution in [3.05, 3.63) is 85.8 Å². The fraction of sp³-hybridized carbons (Fsp3) is 0.111. The maximum absolute atomic E-state index is 13.8. The van der Waals surface area contributed by atoms with Crippen molar-refractivity contribution in [3.8, 4) is 0 Å². The number of aromatic nitrogens is 2. The van der Waals surface area contributed by atoms with Crippen LogP contribution in [0.2, 0.25) is 0 Å². The number of hydrogen-bond acceptors (Lipinski definition) is 4. The lowest BCUT2D eigenvalue weighted by Gasteiger charge is -2.05. The monoisotopic (exact) mass is 432 g/mol. The van der Waals surface area contributed by atoms with Gasteiger partial charge in [-0.2, -0.15) is 5.10 Å². The fourth-order valence-electron chi connectivity index (χ4n) is 2.55. The summed E-state index contributed by atoms with van der Waals surface area (Å²) in [7, 11) is 0. The smallest absolute Gasteiger partial charge is 0.272 e. The first kappa shape index (κ1) is 18.7. The molecule has 1 aromatic heterocycles. The molecule has 0 saturated carbocycles. The molecule has 0 aliphatic carbocycles. The lowest BCUT2D eigenvalue weighted by Crippen LogP contribution is -2.13. The van der Waals surface area contributed by atoms with Gasteiger partial charge in [0.25, 0.3) is 11.6 Å². The average Bonchev–Trinajstić information content (AvgIpc) is 2.95. The zero-order valence-corrected chi connectivity index (χ0v) is 15.7. The van der Waals surface area contributed by atoms with E-state index in [1.54, 1.807) is 31.3 Å². The van der Waals surface area contributed by atoms with Crippen LogP contribution in [0.15, 0.2) is 53.1 Å². The molecule has 0 aliphatic heterocycles. The highest BCUT2D eigenvalue weighted by atomic mass is 79.9. The molecule has 0 saturated heterocycles. The molecule has 3 rings (SSSR count). The number of nitro groups is 1. The van der Waals surface area contributed by atoms with E-state index in [1.165, 1.54) is 28.9 Å². The van der Waals surface area contributed by atoms with Crippen LogP contribution in [0.5, 0.6) is 0 Å². The number of nitrogens with one attached hydrogen (secondary N) is 1. The van der Waals surface area contributed by atoms with Crippen LogP contribution in [0.25, 0.3) is 0 Å². The summed E-state index contributed by atoms with van der Waals surface area (Å²) in [6.07, 6.45) is 1.63. The van der Waals surface area contributed by atoms with E-state index < -0.39 is 10.8 Å². The van der Waals surface area contributed by atoms with Gasteiger partial charge in [0.05, 0.1) is 15.9 Å². The molecule has 2 aromatic carbocycles. The van der Waals surface area contributed by atoms with Crippen molar-refractivity contribution >= 4 is 33.3 Å². The molecule has 0 radical (unpaired) electrons. The highest BCUT2D eigenvalue weighted by molar-refractivity contribution is 9.10. The molecule has 3 aromatic rings. The van der Waals surface area contributed by atoms with Gasteiger partial charge < -0.3 is 5.32 Å². The van der Waals surface area contributed by atoms with E-state index in [1.807, 2.05) is 0 Å². The van der Waals surface area contributed by atoms with Crippen LogP contribution >= 0.6 is 15.9 Å². The van der Waals surface area contributed by atoms with Gasteiger partial charge in [-0.15, -0.1) is 0 Å². The van der Waals surface area contributed by atoms with Crippen LogP contribution in [0.1, 0.15) is 21.5 Å². The van der Waals surface area contributed by atoms with Crippen LogP contribution in [-0.2, 0) is 6.54 Å². The van der Waals surface area contributed by atoms with Gasteiger partial charge in [0.15, 0.2) is 5.82 Å². The Morgan fingerprint density at radius 2 is 2.07 bits per heavy atom. The lowest BCUT2D eigenvalue weighted by molar-refractivity contribution is -0.385. The first-order valence-electron chi connectivity index (χ1n) is 7.88. The van der Waals surface area contributed by atoms with Gasteiger partial charge in [-0.25, -0.2) is 4.39 Å². The Bertz CT molecular complexity index is 1040. The van der Waals surface area contributed by atoms with Gasteiger partial charge in [-0.1, -0.05) is 18.2 Å². The number of carbonyl (C=O) groups excluding carboxylic acids is 1. The number of benzene rings is 2. The van der Waals surface area contributed by atoms with Crippen molar-refractivity contribution in [2.45, 2.75) is 13.5 Å². The molecule has 1 N–H and O–H groups in total. The topological polar surface area (TPSA) is 90.1 Å². The van der Waals surface area contributed by atoms with Gasteiger partial charge >= 0.3 is 0 Å². The van der Waals surface area contributed by atoms with E-state index in [0.29, 0.717) is 15.6 Å². The Labute approximate surface area is 162 Å². The normalized spacial score (nSPS) is 10.6. The summed E-state index contributed by atoms with van der Waals surface area (Å²) in [6, 6.07) is 10.5. The summed E-state index contributed by atoms with van der Waals surface area (Å²) >= 11 is 3.31. The number of amides is 1. The second kappa shape index (κ2) is 7.67. The third-order valence-corrected chi connectivity index (χ3v) is 4.48. The van der Waals surface area contributed by atoms with E-state index in [0.717, 1.165) is 0 Å². The Morgan fingerprint density at radius 1 is 1.33 bits per heavy atom. The third-order valence-electron chi connectivity index (χ3n) is 3.89. The molecule has 7 nitrogen and oxygen atoms in total. The van der Waals surface area contributed by atoms with Gasteiger partial charge in [0.2, 0.25) is 0 Å². The maximum atomic E-state index is 13.8. The molecule has 0 fully saturated rings. The molecule has 9 heteroatoms. The first-order valence-corrected chi connectivity index (χ1v) is 8.67. The van der Waals surface area contributed by atoms with Crippen molar-refractivity contribution in [2.24, 2.45) is 0 Å². The number of rotatable bonds is 5. The van der Waals surface area contributed by atoms with Crippen molar-refractivity contribution in [1.29, 1.82) is 0 Å².